The summed E-state index contributed by atoms with van der Waals surface area (Å²) in [6.07, 6.45) is 0. The molecule has 0 atom stereocenters. The van der Waals surface area contributed by atoms with Crippen LogP contribution < -0.4 is 10.5 Å². The molecule has 0 aliphatic heterocycles. The minimum Gasteiger partial charge on any atom is -0.497 e. The summed E-state index contributed by atoms with van der Waals surface area (Å²) in [5, 5.41) is 0. The predicted molar refractivity (Wildman–Crippen MR) is 65.7 cm³/mol. The van der Waals surface area contributed by atoms with Gasteiger partial charge in [0.25, 0.3) is 0 Å². The molecule has 5 nitrogen and oxygen atoms in total. The van der Waals surface area contributed by atoms with Crippen LogP contribution in [-0.4, -0.2) is 22.1 Å². The van der Waals surface area contributed by atoms with E-state index in [1.54, 1.807) is 13.2 Å². The van der Waals surface area contributed by atoms with Crippen LogP contribution >= 0.6 is 0 Å². The van der Waals surface area contributed by atoms with E-state index in [1.165, 1.54) is 0 Å². The summed E-state index contributed by atoms with van der Waals surface area (Å²) in [5.74, 6) is 2.68. The number of methoxy groups -OCH3 is 1. The molecular weight excluding hydrogens is 216 g/mol. The SMILES string of the molecule is COc1ccc(-c2nc(C)nc(C)n2)c(N)c1. The lowest BCUT2D eigenvalue weighted by atomic mass is 10.1. The smallest absolute Gasteiger partial charge is 0.165 e. The van der Waals surface area contributed by atoms with E-state index in [9.17, 15) is 0 Å². The van der Waals surface area contributed by atoms with Crippen molar-refractivity contribution in [3.05, 3.63) is 29.8 Å². The van der Waals surface area contributed by atoms with Gasteiger partial charge in [-0.2, -0.15) is 0 Å². The molecule has 0 radical (unpaired) electrons. The van der Waals surface area contributed by atoms with Gasteiger partial charge in [-0.05, 0) is 26.0 Å². The van der Waals surface area contributed by atoms with Crippen molar-refractivity contribution in [1.82, 2.24) is 15.0 Å². The van der Waals surface area contributed by atoms with Crippen molar-refractivity contribution in [2.75, 3.05) is 12.8 Å². The van der Waals surface area contributed by atoms with Crippen molar-refractivity contribution in [2.45, 2.75) is 13.8 Å². The molecule has 0 saturated heterocycles. The summed E-state index contributed by atoms with van der Waals surface area (Å²) in [5.41, 5.74) is 7.33. The summed E-state index contributed by atoms with van der Waals surface area (Å²) in [6.45, 7) is 3.66. The Bertz CT molecular complexity index is 534. The lowest BCUT2D eigenvalue weighted by Crippen LogP contribution is -2.01. The first-order valence-electron chi connectivity index (χ1n) is 5.23. The van der Waals surface area contributed by atoms with Crippen LogP contribution in [0.1, 0.15) is 11.6 Å². The first-order chi connectivity index (χ1) is 8.10. The summed E-state index contributed by atoms with van der Waals surface area (Å²) < 4.78 is 5.10. The third-order valence-corrected chi connectivity index (χ3v) is 2.36. The second kappa shape index (κ2) is 4.37. The van der Waals surface area contributed by atoms with Crippen molar-refractivity contribution in [3.63, 3.8) is 0 Å². The van der Waals surface area contributed by atoms with E-state index >= 15 is 0 Å². The molecule has 0 bridgehead atoms. The minimum atomic E-state index is 0.592. The van der Waals surface area contributed by atoms with E-state index in [-0.39, 0.29) is 0 Å². The fourth-order valence-corrected chi connectivity index (χ4v) is 1.61. The molecule has 0 fully saturated rings. The first-order valence-corrected chi connectivity index (χ1v) is 5.23. The van der Waals surface area contributed by atoms with Gasteiger partial charge in [-0.1, -0.05) is 0 Å². The zero-order valence-electron chi connectivity index (χ0n) is 10.1. The number of nitrogen functional groups attached to an aromatic ring is 1. The Balaban J connectivity index is 2.52. The molecule has 1 aromatic heterocycles. The van der Waals surface area contributed by atoms with Crippen LogP contribution in [0.4, 0.5) is 5.69 Å². The molecule has 1 aromatic carbocycles. The standard InChI is InChI=1S/C12H14N4O/c1-7-14-8(2)16-12(15-7)10-5-4-9(17-3)6-11(10)13/h4-6H,13H2,1-3H3. The van der Waals surface area contributed by atoms with Crippen molar-refractivity contribution in [3.8, 4) is 17.1 Å². The summed E-state index contributed by atoms with van der Waals surface area (Å²) in [4.78, 5) is 12.7. The maximum absolute atomic E-state index is 5.95. The number of hydrogen-bond donors (Lipinski definition) is 1. The monoisotopic (exact) mass is 230 g/mol. The number of ether oxygens (including phenoxy) is 1. The number of rotatable bonds is 2. The van der Waals surface area contributed by atoms with Gasteiger partial charge in [0, 0.05) is 17.3 Å². The molecule has 0 spiro atoms. The van der Waals surface area contributed by atoms with Crippen LogP contribution in [0.15, 0.2) is 18.2 Å². The second-order valence-electron chi connectivity index (χ2n) is 3.71. The molecule has 0 aliphatic rings. The van der Waals surface area contributed by atoms with Crippen molar-refractivity contribution in [1.29, 1.82) is 0 Å². The topological polar surface area (TPSA) is 73.9 Å². The van der Waals surface area contributed by atoms with E-state index < -0.39 is 0 Å². The maximum atomic E-state index is 5.95. The molecule has 17 heavy (non-hydrogen) atoms. The predicted octanol–water partition coefficient (Wildman–Crippen LogP) is 1.75. The van der Waals surface area contributed by atoms with Crippen LogP contribution in [-0.2, 0) is 0 Å². The number of hydrogen-bond acceptors (Lipinski definition) is 5. The van der Waals surface area contributed by atoms with Crippen LogP contribution in [0.25, 0.3) is 11.4 Å². The van der Waals surface area contributed by atoms with Gasteiger partial charge in [-0.15, -0.1) is 0 Å². The van der Waals surface area contributed by atoms with E-state index in [0.717, 1.165) is 5.56 Å². The van der Waals surface area contributed by atoms with E-state index in [0.29, 0.717) is 28.9 Å². The lowest BCUT2D eigenvalue weighted by Gasteiger charge is -2.07. The fraction of sp³-hybridized carbons (Fsp3) is 0.250. The quantitative estimate of drug-likeness (QED) is 0.795. The summed E-state index contributed by atoms with van der Waals surface area (Å²) >= 11 is 0. The Morgan fingerprint density at radius 1 is 1.06 bits per heavy atom. The molecular formula is C12H14N4O. The number of aryl methyl sites for hydroxylation is 2. The van der Waals surface area contributed by atoms with E-state index in [1.807, 2.05) is 26.0 Å². The normalized spacial score (nSPS) is 10.3. The zero-order chi connectivity index (χ0) is 12.4. The van der Waals surface area contributed by atoms with Crippen LogP contribution in [0, 0.1) is 13.8 Å². The van der Waals surface area contributed by atoms with Gasteiger partial charge in [0.2, 0.25) is 0 Å². The van der Waals surface area contributed by atoms with E-state index in [2.05, 4.69) is 15.0 Å². The first kappa shape index (κ1) is 11.3. The molecule has 5 heteroatoms. The Kier molecular flexibility index (Phi) is 2.91. The van der Waals surface area contributed by atoms with E-state index in [4.69, 9.17) is 10.5 Å². The second-order valence-corrected chi connectivity index (χ2v) is 3.71. The van der Waals surface area contributed by atoms with Gasteiger partial charge in [-0.25, -0.2) is 15.0 Å². The molecule has 2 N–H and O–H groups in total. The molecule has 2 aromatic rings. The van der Waals surface area contributed by atoms with Gasteiger partial charge < -0.3 is 10.5 Å². The Hall–Kier alpha value is -2.17. The zero-order valence-corrected chi connectivity index (χ0v) is 10.1. The largest absolute Gasteiger partial charge is 0.497 e. The van der Waals surface area contributed by atoms with Gasteiger partial charge in [0.1, 0.15) is 17.4 Å². The molecule has 88 valence electrons. The van der Waals surface area contributed by atoms with Gasteiger partial charge in [0.05, 0.1) is 7.11 Å². The molecule has 0 saturated carbocycles. The number of aromatic nitrogens is 3. The van der Waals surface area contributed by atoms with Gasteiger partial charge in [0.15, 0.2) is 5.82 Å². The Morgan fingerprint density at radius 3 is 2.24 bits per heavy atom. The van der Waals surface area contributed by atoms with Gasteiger partial charge >= 0.3 is 0 Å². The molecule has 0 amide bonds. The number of benzene rings is 1. The Labute approximate surface area is 99.7 Å². The summed E-state index contributed by atoms with van der Waals surface area (Å²) in [6, 6.07) is 5.44. The highest BCUT2D eigenvalue weighted by atomic mass is 16.5. The average molecular weight is 230 g/mol. The third kappa shape index (κ3) is 2.33. The minimum absolute atomic E-state index is 0.592. The number of anilines is 1. The Morgan fingerprint density at radius 2 is 1.71 bits per heavy atom. The molecule has 2 rings (SSSR count). The van der Waals surface area contributed by atoms with Crippen LogP contribution in [0.5, 0.6) is 5.75 Å². The van der Waals surface area contributed by atoms with Crippen LogP contribution in [0.3, 0.4) is 0 Å². The average Bonchev–Trinajstić information content (AvgIpc) is 2.27. The molecule has 0 aliphatic carbocycles. The lowest BCUT2D eigenvalue weighted by molar-refractivity contribution is 0.415. The van der Waals surface area contributed by atoms with Crippen molar-refractivity contribution >= 4 is 5.69 Å². The number of nitrogens with two attached hydrogens (primary N) is 1. The van der Waals surface area contributed by atoms with Crippen LogP contribution in [0.2, 0.25) is 0 Å². The molecule has 1 heterocycles. The highest BCUT2D eigenvalue weighted by molar-refractivity contribution is 5.72. The maximum Gasteiger partial charge on any atom is 0.165 e. The van der Waals surface area contributed by atoms with Gasteiger partial charge in [-0.3, -0.25) is 0 Å². The highest BCUT2D eigenvalue weighted by Crippen LogP contribution is 2.26. The molecule has 0 unspecified atom stereocenters. The summed E-state index contributed by atoms with van der Waals surface area (Å²) in [7, 11) is 1.60. The number of nitrogens with zero attached hydrogens (tertiary/aromatic N) is 3. The van der Waals surface area contributed by atoms with Crippen molar-refractivity contribution < 1.29 is 4.74 Å². The third-order valence-electron chi connectivity index (χ3n) is 2.36. The van der Waals surface area contributed by atoms with Crippen molar-refractivity contribution in [2.24, 2.45) is 0 Å². The highest BCUT2D eigenvalue weighted by Gasteiger charge is 2.08. The fourth-order valence-electron chi connectivity index (χ4n) is 1.61.